The fourth-order valence-electron chi connectivity index (χ4n) is 3.72. The first-order valence-electron chi connectivity index (χ1n) is 7.12. The number of rotatable bonds is 0. The molecule has 0 aromatic carbocycles. The predicted octanol–water partition coefficient (Wildman–Crippen LogP) is 1.75. The zero-order chi connectivity index (χ0) is 12.9. The van der Waals surface area contributed by atoms with Crippen molar-refractivity contribution in [2.75, 3.05) is 13.2 Å². The number of fused-ring (bicyclic) bond motifs is 2. The number of hydrogen-bond acceptors (Lipinski definition) is 4. The van der Waals surface area contributed by atoms with Crippen LogP contribution >= 0.6 is 0 Å². The first kappa shape index (κ1) is 11.8. The Bertz CT molecular complexity index is 459. The lowest BCUT2D eigenvalue weighted by molar-refractivity contribution is -0.214. The quantitative estimate of drug-likeness (QED) is 0.667. The molecule has 19 heavy (non-hydrogen) atoms. The van der Waals surface area contributed by atoms with E-state index in [-0.39, 0.29) is 23.9 Å². The standard InChI is InChI=1S/C15H18O4/c16-14-10-3-1-2-4-12(10)19-13-5-6-15(9-11(13)14)17-7-8-18-15/h1-3,11-13H,4-9H2. The van der Waals surface area contributed by atoms with Crippen molar-refractivity contribution in [1.29, 1.82) is 0 Å². The lowest BCUT2D eigenvalue weighted by atomic mass is 9.74. The second kappa shape index (κ2) is 4.27. The lowest BCUT2D eigenvalue weighted by Gasteiger charge is -2.45. The van der Waals surface area contributed by atoms with Crippen LogP contribution in [0.3, 0.4) is 0 Å². The maximum Gasteiger partial charge on any atom is 0.169 e. The third-order valence-corrected chi connectivity index (χ3v) is 4.67. The minimum Gasteiger partial charge on any atom is -0.369 e. The van der Waals surface area contributed by atoms with Gasteiger partial charge in [0, 0.05) is 18.4 Å². The van der Waals surface area contributed by atoms with Crippen molar-refractivity contribution in [3.05, 3.63) is 23.8 Å². The minimum atomic E-state index is -0.516. The fourth-order valence-corrected chi connectivity index (χ4v) is 3.72. The van der Waals surface area contributed by atoms with E-state index in [1.165, 1.54) is 0 Å². The van der Waals surface area contributed by atoms with E-state index in [4.69, 9.17) is 14.2 Å². The van der Waals surface area contributed by atoms with Crippen molar-refractivity contribution in [3.63, 3.8) is 0 Å². The SMILES string of the molecule is O=C1C2=CC=CCC2OC2CCC3(CC12)OCCO3. The maximum atomic E-state index is 12.6. The number of carbonyl (C=O) groups excluding carboxylic acids is 1. The highest BCUT2D eigenvalue weighted by atomic mass is 16.7. The molecule has 0 radical (unpaired) electrons. The van der Waals surface area contributed by atoms with E-state index in [1.54, 1.807) is 0 Å². The molecule has 1 spiro atoms. The minimum absolute atomic E-state index is 0.0294. The molecule has 4 aliphatic rings. The van der Waals surface area contributed by atoms with E-state index in [2.05, 4.69) is 6.08 Å². The zero-order valence-electron chi connectivity index (χ0n) is 10.8. The highest BCUT2D eigenvalue weighted by molar-refractivity contribution is 5.99. The van der Waals surface area contributed by atoms with Crippen LogP contribution in [0.2, 0.25) is 0 Å². The molecule has 3 fully saturated rings. The molecule has 4 nitrogen and oxygen atoms in total. The molecule has 2 heterocycles. The number of allylic oxidation sites excluding steroid dienone is 2. The van der Waals surface area contributed by atoms with E-state index in [0.717, 1.165) is 24.8 Å². The van der Waals surface area contributed by atoms with Gasteiger partial charge in [-0.25, -0.2) is 0 Å². The number of ketones is 1. The summed E-state index contributed by atoms with van der Waals surface area (Å²) in [5, 5.41) is 0. The average Bonchev–Trinajstić information content (AvgIpc) is 2.89. The fraction of sp³-hybridized carbons (Fsp3) is 0.667. The molecular formula is C15H18O4. The monoisotopic (exact) mass is 262 g/mol. The van der Waals surface area contributed by atoms with E-state index in [9.17, 15) is 4.79 Å². The van der Waals surface area contributed by atoms with Gasteiger partial charge in [-0.2, -0.15) is 0 Å². The van der Waals surface area contributed by atoms with Crippen molar-refractivity contribution in [2.45, 2.75) is 43.7 Å². The summed E-state index contributed by atoms with van der Waals surface area (Å²) in [7, 11) is 0. The van der Waals surface area contributed by atoms with Crippen LogP contribution in [0.5, 0.6) is 0 Å². The number of ether oxygens (including phenoxy) is 3. The third kappa shape index (κ3) is 1.82. The number of carbonyl (C=O) groups is 1. The molecule has 2 aliphatic heterocycles. The van der Waals surface area contributed by atoms with Crippen molar-refractivity contribution < 1.29 is 19.0 Å². The van der Waals surface area contributed by atoms with Gasteiger partial charge in [-0.3, -0.25) is 4.79 Å². The molecule has 3 atom stereocenters. The summed E-state index contributed by atoms with van der Waals surface area (Å²) in [5.74, 6) is -0.373. The molecule has 102 valence electrons. The smallest absolute Gasteiger partial charge is 0.169 e. The molecule has 2 aliphatic carbocycles. The first-order chi connectivity index (χ1) is 9.27. The van der Waals surface area contributed by atoms with Crippen molar-refractivity contribution in [3.8, 4) is 0 Å². The van der Waals surface area contributed by atoms with Gasteiger partial charge in [-0.05, 0) is 12.8 Å². The first-order valence-corrected chi connectivity index (χ1v) is 7.12. The molecule has 4 heteroatoms. The molecule has 0 N–H and O–H groups in total. The summed E-state index contributed by atoms with van der Waals surface area (Å²) in [6, 6.07) is 0. The van der Waals surface area contributed by atoms with Crippen molar-refractivity contribution in [1.82, 2.24) is 0 Å². The van der Waals surface area contributed by atoms with Gasteiger partial charge in [-0.15, -0.1) is 0 Å². The van der Waals surface area contributed by atoms with Gasteiger partial charge in [0.1, 0.15) is 0 Å². The highest BCUT2D eigenvalue weighted by Gasteiger charge is 2.51. The van der Waals surface area contributed by atoms with Crippen LogP contribution in [0.25, 0.3) is 0 Å². The number of hydrogen-bond donors (Lipinski definition) is 0. The topological polar surface area (TPSA) is 44.8 Å². The van der Waals surface area contributed by atoms with Gasteiger partial charge in [0.2, 0.25) is 0 Å². The summed E-state index contributed by atoms with van der Waals surface area (Å²) in [6.45, 7) is 1.28. The Labute approximate surface area is 112 Å². The van der Waals surface area contributed by atoms with Crippen LogP contribution < -0.4 is 0 Å². The molecule has 0 amide bonds. The Kier molecular flexibility index (Phi) is 2.65. The number of Topliss-reactive ketones (excluding diaryl/α,β-unsaturated/α-hetero) is 1. The Morgan fingerprint density at radius 2 is 2.11 bits per heavy atom. The molecule has 0 aromatic heterocycles. The van der Waals surface area contributed by atoms with Crippen LogP contribution in [0.1, 0.15) is 25.7 Å². The zero-order valence-corrected chi connectivity index (χ0v) is 10.8. The van der Waals surface area contributed by atoms with Crippen LogP contribution in [-0.4, -0.2) is 37.0 Å². The Morgan fingerprint density at radius 3 is 2.95 bits per heavy atom. The molecule has 0 aromatic rings. The van der Waals surface area contributed by atoms with Gasteiger partial charge in [0.15, 0.2) is 11.6 Å². The maximum absolute atomic E-state index is 12.6. The van der Waals surface area contributed by atoms with Crippen LogP contribution in [-0.2, 0) is 19.0 Å². The second-order valence-corrected chi connectivity index (χ2v) is 5.77. The van der Waals surface area contributed by atoms with Gasteiger partial charge in [0.25, 0.3) is 0 Å². The van der Waals surface area contributed by atoms with Gasteiger partial charge < -0.3 is 14.2 Å². The van der Waals surface area contributed by atoms with Crippen molar-refractivity contribution in [2.24, 2.45) is 5.92 Å². The molecule has 1 saturated carbocycles. The van der Waals surface area contributed by atoms with Crippen molar-refractivity contribution >= 4 is 5.78 Å². The summed E-state index contributed by atoms with van der Waals surface area (Å²) in [6.07, 6.45) is 9.09. The summed E-state index contributed by atoms with van der Waals surface area (Å²) < 4.78 is 17.6. The van der Waals surface area contributed by atoms with E-state index in [0.29, 0.717) is 19.6 Å². The van der Waals surface area contributed by atoms with Gasteiger partial charge in [0.05, 0.1) is 31.3 Å². The van der Waals surface area contributed by atoms with Crippen LogP contribution in [0, 0.1) is 5.92 Å². The molecular weight excluding hydrogens is 244 g/mol. The summed E-state index contributed by atoms with van der Waals surface area (Å²) in [4.78, 5) is 12.6. The van der Waals surface area contributed by atoms with Gasteiger partial charge >= 0.3 is 0 Å². The van der Waals surface area contributed by atoms with Gasteiger partial charge in [-0.1, -0.05) is 18.2 Å². The Hall–Kier alpha value is -0.970. The predicted molar refractivity (Wildman–Crippen MR) is 67.5 cm³/mol. The van der Waals surface area contributed by atoms with E-state index < -0.39 is 5.79 Å². The second-order valence-electron chi connectivity index (χ2n) is 5.77. The Morgan fingerprint density at radius 1 is 1.26 bits per heavy atom. The normalized spacial score (nSPS) is 39.9. The highest BCUT2D eigenvalue weighted by Crippen LogP contribution is 2.44. The largest absolute Gasteiger partial charge is 0.369 e. The molecule has 3 unspecified atom stereocenters. The Balaban J connectivity index is 1.61. The van der Waals surface area contributed by atoms with Crippen LogP contribution in [0.4, 0.5) is 0 Å². The molecule has 0 bridgehead atoms. The van der Waals surface area contributed by atoms with Crippen LogP contribution in [0.15, 0.2) is 23.8 Å². The summed E-state index contributed by atoms with van der Waals surface area (Å²) >= 11 is 0. The summed E-state index contributed by atoms with van der Waals surface area (Å²) in [5.41, 5.74) is 0.832. The average molecular weight is 262 g/mol. The lowest BCUT2D eigenvalue weighted by Crippen LogP contribution is -2.52. The van der Waals surface area contributed by atoms with E-state index in [1.807, 2.05) is 12.2 Å². The third-order valence-electron chi connectivity index (χ3n) is 4.67. The van der Waals surface area contributed by atoms with E-state index >= 15 is 0 Å². The molecule has 2 saturated heterocycles. The molecule has 4 rings (SSSR count).